The number of nitrogens with two attached hydrogens (primary N) is 1. The van der Waals surface area contributed by atoms with Crippen LogP contribution in [0.5, 0.6) is 0 Å². The Balaban J connectivity index is 0.00000200. The summed E-state index contributed by atoms with van der Waals surface area (Å²) in [5.41, 5.74) is 6.73. The Kier molecular flexibility index (Phi) is 5.52. The Morgan fingerprint density at radius 2 is 1.70 bits per heavy atom. The molecule has 8 heteroatoms. The van der Waals surface area contributed by atoms with Crippen molar-refractivity contribution >= 4 is 21.5 Å². The number of aryl methyl sites for hydroxylation is 2. The molecule has 0 aliphatic carbocycles. The zero-order chi connectivity index (χ0) is 14.0. The van der Waals surface area contributed by atoms with Crippen LogP contribution in [0.3, 0.4) is 0 Å². The van der Waals surface area contributed by atoms with Gasteiger partial charge in [-0.3, -0.25) is 4.72 Å². The predicted molar refractivity (Wildman–Crippen MR) is 73.2 cm³/mol. The van der Waals surface area contributed by atoms with E-state index in [2.05, 4.69) is 14.7 Å². The summed E-state index contributed by atoms with van der Waals surface area (Å²) in [6.07, 6.45) is 0. The first kappa shape index (κ1) is 16.9. The van der Waals surface area contributed by atoms with Crippen LogP contribution in [0.1, 0.15) is 11.5 Å². The summed E-state index contributed by atoms with van der Waals surface area (Å²) in [5.74, 6) is 0.761. The second-order valence-electron chi connectivity index (χ2n) is 4.12. The van der Waals surface area contributed by atoms with Crippen molar-refractivity contribution < 1.29 is 38.0 Å². The zero-order valence-corrected chi connectivity index (χ0v) is 14.4. The van der Waals surface area contributed by atoms with Gasteiger partial charge in [0.2, 0.25) is 0 Å². The molecule has 20 heavy (non-hydrogen) atoms. The number of anilines is 2. The van der Waals surface area contributed by atoms with Crippen molar-refractivity contribution in [1.82, 2.24) is 9.97 Å². The largest absolute Gasteiger partial charge is 1.00 e. The molecule has 3 N–H and O–H groups in total. The van der Waals surface area contributed by atoms with Gasteiger partial charge in [-0.05, 0) is 38.1 Å². The Bertz CT molecular complexity index is 682. The van der Waals surface area contributed by atoms with Crippen LogP contribution in [0.15, 0.2) is 35.2 Å². The number of hydrogen-bond donors (Lipinski definition) is 2. The topological polar surface area (TPSA) is 98.0 Å². The summed E-state index contributed by atoms with van der Waals surface area (Å²) >= 11 is 0. The van der Waals surface area contributed by atoms with Gasteiger partial charge in [0.15, 0.2) is 0 Å². The molecular weight excluding hydrogens is 287 g/mol. The molecule has 2 rings (SSSR count). The Morgan fingerprint density at radius 3 is 2.25 bits per heavy atom. The van der Waals surface area contributed by atoms with E-state index < -0.39 is 10.0 Å². The number of benzene rings is 1. The van der Waals surface area contributed by atoms with E-state index in [0.717, 1.165) is 0 Å². The molecule has 0 radical (unpaired) electrons. The molecule has 0 fully saturated rings. The van der Waals surface area contributed by atoms with Gasteiger partial charge in [-0.2, -0.15) is 0 Å². The second-order valence-corrected chi connectivity index (χ2v) is 5.80. The summed E-state index contributed by atoms with van der Waals surface area (Å²) in [6.45, 7) is 3.48. The molecular formula is C12H14N4NaO2S+. The van der Waals surface area contributed by atoms with Crippen LogP contribution in [0.4, 0.5) is 11.5 Å². The first-order chi connectivity index (χ1) is 8.87. The van der Waals surface area contributed by atoms with E-state index in [1.165, 1.54) is 24.3 Å². The van der Waals surface area contributed by atoms with Gasteiger partial charge in [0.25, 0.3) is 10.0 Å². The number of sulfonamides is 1. The third kappa shape index (κ3) is 4.17. The third-order valence-corrected chi connectivity index (χ3v) is 3.77. The predicted octanol–water partition coefficient (Wildman–Crippen LogP) is -1.52. The molecule has 0 aliphatic heterocycles. The first-order valence-corrected chi connectivity index (χ1v) is 7.06. The van der Waals surface area contributed by atoms with E-state index in [4.69, 9.17) is 5.73 Å². The van der Waals surface area contributed by atoms with Crippen LogP contribution in [-0.4, -0.2) is 18.4 Å². The van der Waals surface area contributed by atoms with Crippen LogP contribution in [0.25, 0.3) is 0 Å². The quantitative estimate of drug-likeness (QED) is 0.530. The van der Waals surface area contributed by atoms with E-state index in [9.17, 15) is 8.42 Å². The molecule has 0 spiro atoms. The van der Waals surface area contributed by atoms with Crippen molar-refractivity contribution in [3.63, 3.8) is 0 Å². The van der Waals surface area contributed by atoms with Crippen LogP contribution in [-0.2, 0) is 10.0 Å². The second kappa shape index (κ2) is 6.53. The molecule has 0 unspecified atom stereocenters. The minimum atomic E-state index is -3.66. The van der Waals surface area contributed by atoms with E-state index in [1.807, 2.05) is 0 Å². The van der Waals surface area contributed by atoms with Crippen molar-refractivity contribution in [1.29, 1.82) is 0 Å². The number of hydrogen-bond acceptors (Lipinski definition) is 5. The number of rotatable bonds is 3. The molecule has 2 aromatic rings. The van der Waals surface area contributed by atoms with E-state index in [-0.39, 0.29) is 40.3 Å². The van der Waals surface area contributed by atoms with Crippen molar-refractivity contribution in [2.45, 2.75) is 18.7 Å². The third-order valence-electron chi connectivity index (χ3n) is 2.40. The molecule has 1 aromatic carbocycles. The van der Waals surface area contributed by atoms with Crippen LogP contribution >= 0.6 is 0 Å². The summed E-state index contributed by atoms with van der Waals surface area (Å²) < 4.78 is 26.7. The van der Waals surface area contributed by atoms with Gasteiger partial charge in [-0.1, -0.05) is 0 Å². The molecule has 6 nitrogen and oxygen atoms in total. The normalized spacial score (nSPS) is 10.7. The molecule has 0 bridgehead atoms. The Hall–Kier alpha value is -1.15. The van der Waals surface area contributed by atoms with Crippen molar-refractivity contribution in [3.8, 4) is 0 Å². The summed E-state index contributed by atoms with van der Waals surface area (Å²) in [4.78, 5) is 8.26. The molecule has 1 aromatic heterocycles. The van der Waals surface area contributed by atoms with Gasteiger partial charge in [0.05, 0.1) is 4.90 Å². The van der Waals surface area contributed by atoms with E-state index >= 15 is 0 Å². The van der Waals surface area contributed by atoms with Crippen molar-refractivity contribution in [3.05, 3.63) is 41.9 Å². The van der Waals surface area contributed by atoms with E-state index in [0.29, 0.717) is 17.2 Å². The fourth-order valence-electron chi connectivity index (χ4n) is 1.61. The van der Waals surface area contributed by atoms with Gasteiger partial charge in [-0.25, -0.2) is 18.4 Å². The minimum absolute atomic E-state index is 0. The summed E-state index contributed by atoms with van der Waals surface area (Å²) in [7, 11) is -3.66. The number of nitrogens with zero attached hydrogens (tertiary/aromatic N) is 2. The zero-order valence-electron chi connectivity index (χ0n) is 11.6. The first-order valence-electron chi connectivity index (χ1n) is 5.57. The molecule has 0 aliphatic rings. The maximum atomic E-state index is 12.1. The summed E-state index contributed by atoms with van der Waals surface area (Å²) in [6, 6.07) is 7.52. The Labute approximate surface area is 140 Å². The fourth-order valence-corrected chi connectivity index (χ4v) is 2.60. The Morgan fingerprint density at radius 1 is 1.10 bits per heavy atom. The maximum Gasteiger partial charge on any atom is 1.00 e. The summed E-state index contributed by atoms with van der Waals surface area (Å²) in [5, 5.41) is 0. The maximum absolute atomic E-state index is 12.1. The molecule has 0 amide bonds. The van der Waals surface area contributed by atoms with Gasteiger partial charge >= 0.3 is 29.6 Å². The van der Waals surface area contributed by atoms with Crippen molar-refractivity contribution in [2.75, 3.05) is 10.5 Å². The van der Waals surface area contributed by atoms with Crippen LogP contribution in [0, 0.1) is 13.8 Å². The monoisotopic (exact) mass is 301 g/mol. The molecule has 0 atom stereocenters. The number of nitrogens with one attached hydrogen (secondary N) is 1. The fraction of sp³-hybridized carbons (Fsp3) is 0.167. The molecule has 100 valence electrons. The number of aromatic nitrogens is 2. The van der Waals surface area contributed by atoms with Crippen molar-refractivity contribution in [2.24, 2.45) is 0 Å². The van der Waals surface area contributed by atoms with E-state index in [1.54, 1.807) is 19.9 Å². The average molecular weight is 301 g/mol. The number of nitrogen functional groups attached to an aromatic ring is 1. The van der Waals surface area contributed by atoms with Crippen LogP contribution in [0.2, 0.25) is 0 Å². The van der Waals surface area contributed by atoms with Crippen LogP contribution < -0.4 is 40.0 Å². The molecule has 1 heterocycles. The average Bonchev–Trinajstić information content (AvgIpc) is 2.27. The van der Waals surface area contributed by atoms with Gasteiger partial charge < -0.3 is 5.73 Å². The molecule has 0 saturated heterocycles. The molecule has 0 saturated carbocycles. The van der Waals surface area contributed by atoms with Gasteiger partial charge in [0, 0.05) is 17.4 Å². The SMILES string of the molecule is Cc1cc(NS(=O)(=O)c2ccc(N)cc2)nc(C)n1.[Na+]. The minimum Gasteiger partial charge on any atom is -0.399 e. The van der Waals surface area contributed by atoms with Gasteiger partial charge in [0.1, 0.15) is 11.6 Å². The van der Waals surface area contributed by atoms with Gasteiger partial charge in [-0.15, -0.1) is 0 Å². The standard InChI is InChI=1S/C12H14N4O2S.Na/c1-8-7-12(15-9(2)14-8)16-19(17,18)11-5-3-10(13)4-6-11;/h3-7H,13H2,1-2H3,(H,14,15,16);/q;+1. The smallest absolute Gasteiger partial charge is 0.399 e.